The fraction of sp³-hybridized carbons (Fsp3) is 0.636. The molecule has 13 heavy (non-hydrogen) atoms. The molecule has 1 unspecified atom stereocenters. The fourth-order valence-electron chi connectivity index (χ4n) is 1.44. The number of hydrogen-bond acceptors (Lipinski definition) is 2. The Morgan fingerprint density at radius 2 is 2.23 bits per heavy atom. The minimum Gasteiger partial charge on any atom is -0.469 e. The van der Waals surface area contributed by atoms with E-state index in [9.17, 15) is 0 Å². The van der Waals surface area contributed by atoms with Gasteiger partial charge < -0.3 is 10.2 Å². The van der Waals surface area contributed by atoms with Gasteiger partial charge in [0.25, 0.3) is 0 Å². The van der Waals surface area contributed by atoms with Crippen LogP contribution >= 0.6 is 0 Å². The number of hydrogen-bond donors (Lipinski definition) is 1. The van der Waals surface area contributed by atoms with Crippen LogP contribution in [-0.2, 0) is 0 Å². The molecule has 0 saturated carbocycles. The normalized spacial score (nSPS) is 13.2. The third kappa shape index (κ3) is 3.23. The quantitative estimate of drug-likeness (QED) is 0.709. The standard InChI is InChI=1S/C11H19NO/c1-3-4-5-6-11(12)10-7-9(2)13-8-10/h7-8,11H,3-6,12H2,1-2H3. The summed E-state index contributed by atoms with van der Waals surface area (Å²) >= 11 is 0. The molecule has 0 aliphatic rings. The predicted octanol–water partition coefficient (Wildman–Crippen LogP) is 3.17. The molecule has 74 valence electrons. The SMILES string of the molecule is CCCCCC(N)c1coc(C)c1. The van der Waals surface area contributed by atoms with Gasteiger partial charge in [-0.05, 0) is 19.4 Å². The highest BCUT2D eigenvalue weighted by molar-refractivity contribution is 5.15. The molecular weight excluding hydrogens is 162 g/mol. The van der Waals surface area contributed by atoms with Gasteiger partial charge in [0.15, 0.2) is 0 Å². The summed E-state index contributed by atoms with van der Waals surface area (Å²) in [6.45, 7) is 4.15. The summed E-state index contributed by atoms with van der Waals surface area (Å²) < 4.78 is 5.21. The minimum absolute atomic E-state index is 0.156. The van der Waals surface area contributed by atoms with Gasteiger partial charge in [0.2, 0.25) is 0 Å². The molecule has 0 amide bonds. The average molecular weight is 181 g/mol. The van der Waals surface area contributed by atoms with Gasteiger partial charge in [0, 0.05) is 11.6 Å². The Labute approximate surface area is 80.1 Å². The molecule has 0 aliphatic heterocycles. The van der Waals surface area contributed by atoms with Crippen LogP contribution in [0.4, 0.5) is 0 Å². The molecule has 0 saturated heterocycles. The molecule has 2 heteroatoms. The van der Waals surface area contributed by atoms with E-state index in [4.69, 9.17) is 10.2 Å². The predicted molar refractivity (Wildman–Crippen MR) is 54.5 cm³/mol. The monoisotopic (exact) mass is 181 g/mol. The van der Waals surface area contributed by atoms with Crippen LogP contribution in [0.2, 0.25) is 0 Å². The lowest BCUT2D eigenvalue weighted by molar-refractivity contribution is 0.522. The zero-order valence-electron chi connectivity index (χ0n) is 8.55. The van der Waals surface area contributed by atoms with Crippen LogP contribution in [0.1, 0.15) is 50.0 Å². The molecule has 1 aromatic rings. The molecular formula is C11H19NO. The lowest BCUT2D eigenvalue weighted by atomic mass is 10.0. The number of aryl methyl sites for hydroxylation is 1. The zero-order chi connectivity index (χ0) is 9.68. The third-order valence-corrected chi connectivity index (χ3v) is 2.30. The molecule has 1 rings (SSSR count). The van der Waals surface area contributed by atoms with Crippen LogP contribution in [-0.4, -0.2) is 0 Å². The summed E-state index contributed by atoms with van der Waals surface area (Å²) in [5, 5.41) is 0. The van der Waals surface area contributed by atoms with Crippen LogP contribution in [0.15, 0.2) is 16.7 Å². The van der Waals surface area contributed by atoms with Crippen LogP contribution in [0.3, 0.4) is 0 Å². The third-order valence-electron chi connectivity index (χ3n) is 2.30. The highest BCUT2D eigenvalue weighted by Gasteiger charge is 2.07. The van der Waals surface area contributed by atoms with Crippen molar-refractivity contribution in [2.24, 2.45) is 5.73 Å². The minimum atomic E-state index is 0.156. The first-order valence-corrected chi connectivity index (χ1v) is 5.04. The lowest BCUT2D eigenvalue weighted by Crippen LogP contribution is -2.08. The molecule has 0 bridgehead atoms. The largest absolute Gasteiger partial charge is 0.469 e. The zero-order valence-corrected chi connectivity index (χ0v) is 8.55. The van der Waals surface area contributed by atoms with Crippen molar-refractivity contribution in [1.82, 2.24) is 0 Å². The van der Waals surface area contributed by atoms with Crippen molar-refractivity contribution < 1.29 is 4.42 Å². The molecule has 0 aromatic carbocycles. The van der Waals surface area contributed by atoms with Crippen LogP contribution < -0.4 is 5.73 Å². The van der Waals surface area contributed by atoms with Crippen molar-refractivity contribution in [1.29, 1.82) is 0 Å². The smallest absolute Gasteiger partial charge is 0.101 e. The van der Waals surface area contributed by atoms with Gasteiger partial charge in [-0.3, -0.25) is 0 Å². The van der Waals surface area contributed by atoms with Gasteiger partial charge in [0.05, 0.1) is 6.26 Å². The summed E-state index contributed by atoms with van der Waals surface area (Å²) in [7, 11) is 0. The summed E-state index contributed by atoms with van der Waals surface area (Å²) in [6, 6.07) is 2.18. The molecule has 2 N–H and O–H groups in total. The van der Waals surface area contributed by atoms with E-state index in [0.717, 1.165) is 17.7 Å². The maximum absolute atomic E-state index is 5.99. The molecule has 0 spiro atoms. The highest BCUT2D eigenvalue weighted by atomic mass is 16.3. The van der Waals surface area contributed by atoms with Gasteiger partial charge in [-0.1, -0.05) is 26.2 Å². The molecule has 0 fully saturated rings. The topological polar surface area (TPSA) is 39.2 Å². The Kier molecular flexibility index (Phi) is 4.03. The van der Waals surface area contributed by atoms with Crippen molar-refractivity contribution in [3.05, 3.63) is 23.7 Å². The Morgan fingerprint density at radius 1 is 1.46 bits per heavy atom. The molecule has 0 aliphatic carbocycles. The molecule has 1 aromatic heterocycles. The van der Waals surface area contributed by atoms with Gasteiger partial charge in [-0.2, -0.15) is 0 Å². The summed E-state index contributed by atoms with van der Waals surface area (Å²) in [4.78, 5) is 0. The van der Waals surface area contributed by atoms with Crippen molar-refractivity contribution in [3.63, 3.8) is 0 Å². The fourth-order valence-corrected chi connectivity index (χ4v) is 1.44. The first-order chi connectivity index (χ1) is 6.24. The first-order valence-electron chi connectivity index (χ1n) is 5.04. The summed E-state index contributed by atoms with van der Waals surface area (Å²) in [5.41, 5.74) is 7.12. The second-order valence-corrected chi connectivity index (χ2v) is 3.59. The number of nitrogens with two attached hydrogens (primary N) is 1. The second kappa shape index (κ2) is 5.07. The number of rotatable bonds is 5. The Bertz CT molecular complexity index is 242. The lowest BCUT2D eigenvalue weighted by Gasteiger charge is -2.07. The second-order valence-electron chi connectivity index (χ2n) is 3.59. The van der Waals surface area contributed by atoms with Crippen LogP contribution in [0.25, 0.3) is 0 Å². The Balaban J connectivity index is 2.35. The Hall–Kier alpha value is -0.760. The maximum Gasteiger partial charge on any atom is 0.101 e. The van der Waals surface area contributed by atoms with Gasteiger partial charge >= 0.3 is 0 Å². The Morgan fingerprint density at radius 3 is 2.77 bits per heavy atom. The van der Waals surface area contributed by atoms with E-state index in [1.807, 2.05) is 13.0 Å². The average Bonchev–Trinajstić information content (AvgIpc) is 2.52. The van der Waals surface area contributed by atoms with E-state index >= 15 is 0 Å². The van der Waals surface area contributed by atoms with E-state index in [1.165, 1.54) is 19.3 Å². The van der Waals surface area contributed by atoms with E-state index in [0.29, 0.717) is 0 Å². The van der Waals surface area contributed by atoms with Crippen molar-refractivity contribution in [2.45, 2.75) is 45.6 Å². The summed E-state index contributed by atoms with van der Waals surface area (Å²) in [5.74, 6) is 0.945. The van der Waals surface area contributed by atoms with Gasteiger partial charge in [-0.25, -0.2) is 0 Å². The highest BCUT2D eigenvalue weighted by Crippen LogP contribution is 2.19. The van der Waals surface area contributed by atoms with Crippen LogP contribution in [0, 0.1) is 6.92 Å². The van der Waals surface area contributed by atoms with Crippen molar-refractivity contribution in [3.8, 4) is 0 Å². The molecule has 1 atom stereocenters. The maximum atomic E-state index is 5.99. The van der Waals surface area contributed by atoms with E-state index in [1.54, 1.807) is 6.26 Å². The van der Waals surface area contributed by atoms with Crippen molar-refractivity contribution in [2.75, 3.05) is 0 Å². The van der Waals surface area contributed by atoms with Crippen LogP contribution in [0.5, 0.6) is 0 Å². The molecule has 1 heterocycles. The first kappa shape index (κ1) is 10.3. The van der Waals surface area contributed by atoms with Gasteiger partial charge in [0.1, 0.15) is 5.76 Å². The number of unbranched alkanes of at least 4 members (excludes halogenated alkanes) is 2. The van der Waals surface area contributed by atoms with E-state index in [-0.39, 0.29) is 6.04 Å². The molecule has 0 radical (unpaired) electrons. The van der Waals surface area contributed by atoms with E-state index < -0.39 is 0 Å². The number of furan rings is 1. The van der Waals surface area contributed by atoms with E-state index in [2.05, 4.69) is 6.92 Å². The summed E-state index contributed by atoms with van der Waals surface area (Å²) in [6.07, 6.45) is 6.56. The van der Waals surface area contributed by atoms with Crippen molar-refractivity contribution >= 4 is 0 Å². The molecule has 2 nitrogen and oxygen atoms in total. The van der Waals surface area contributed by atoms with Gasteiger partial charge in [-0.15, -0.1) is 0 Å².